The van der Waals surface area contributed by atoms with E-state index in [-0.39, 0.29) is 32.0 Å². The maximum atomic E-state index is 13.4. The van der Waals surface area contributed by atoms with Crippen LogP contribution in [-0.2, 0) is 27.9 Å². The predicted octanol–water partition coefficient (Wildman–Crippen LogP) is 16.0. The van der Waals surface area contributed by atoms with Crippen LogP contribution in [0.3, 0.4) is 0 Å². The van der Waals surface area contributed by atoms with Crippen molar-refractivity contribution in [3.63, 3.8) is 0 Å². The number of amides is 1. The quantitative estimate of drug-likeness (QED) is 0.0205. The molecule has 0 bridgehead atoms. The second-order valence-corrected chi connectivity index (χ2v) is 20.5. The maximum Gasteiger partial charge on any atom is 0.472 e. The third-order valence-electron chi connectivity index (χ3n) is 11.3. The molecule has 0 radical (unpaired) electrons. The Morgan fingerprint density at radius 3 is 1.44 bits per heavy atom. The lowest BCUT2D eigenvalue weighted by Crippen LogP contribution is -2.47. The van der Waals surface area contributed by atoms with Crippen LogP contribution < -0.4 is 5.32 Å². The average molecular weight is 970 g/mol. The van der Waals surface area contributed by atoms with Gasteiger partial charge in [0, 0.05) is 12.8 Å². The van der Waals surface area contributed by atoms with Crippen LogP contribution in [0.25, 0.3) is 0 Å². The highest BCUT2D eigenvalue weighted by Crippen LogP contribution is 2.43. The Morgan fingerprint density at radius 1 is 0.529 bits per heavy atom. The average Bonchev–Trinajstić information content (AvgIpc) is 3.29. The van der Waals surface area contributed by atoms with Gasteiger partial charge in [-0.15, -0.1) is 0 Å². The largest absolute Gasteiger partial charge is 0.472 e. The van der Waals surface area contributed by atoms with Gasteiger partial charge >= 0.3 is 13.8 Å². The molecule has 68 heavy (non-hydrogen) atoms. The van der Waals surface area contributed by atoms with Crippen molar-refractivity contribution in [2.45, 2.75) is 219 Å². The van der Waals surface area contributed by atoms with Gasteiger partial charge < -0.3 is 19.4 Å². The maximum absolute atomic E-state index is 13.4. The van der Waals surface area contributed by atoms with Crippen molar-refractivity contribution >= 4 is 19.7 Å². The normalized spacial score (nSPS) is 14.6. The van der Waals surface area contributed by atoms with E-state index in [2.05, 4.69) is 105 Å². The number of hydrogen-bond acceptors (Lipinski definition) is 6. The summed E-state index contributed by atoms with van der Waals surface area (Å²) in [5.74, 6) is -0.660. The van der Waals surface area contributed by atoms with E-state index in [0.717, 1.165) is 70.6 Å². The van der Waals surface area contributed by atoms with Crippen LogP contribution in [0.1, 0.15) is 207 Å². The third kappa shape index (κ3) is 48.0. The van der Waals surface area contributed by atoms with Crippen LogP contribution in [0.4, 0.5) is 0 Å². The fraction of sp³-hybridized carbons (Fsp3) is 0.690. The third-order valence-corrected chi connectivity index (χ3v) is 12.3. The molecule has 9 nitrogen and oxygen atoms in total. The molecule has 3 unspecified atom stereocenters. The summed E-state index contributed by atoms with van der Waals surface area (Å²) in [6.45, 7) is 6.77. The molecule has 0 fully saturated rings. The Balaban J connectivity index is 5.58. The Hall–Kier alpha value is -3.07. The molecule has 0 spiro atoms. The summed E-state index contributed by atoms with van der Waals surface area (Å²) < 4.78 is 30.4. The molecule has 1 amide bonds. The highest BCUT2D eigenvalue weighted by molar-refractivity contribution is 7.47. The lowest BCUT2D eigenvalue weighted by atomic mass is 10.1. The Morgan fingerprint density at radius 2 is 0.956 bits per heavy atom. The molecule has 0 saturated heterocycles. The lowest BCUT2D eigenvalue weighted by Gasteiger charge is -2.27. The van der Waals surface area contributed by atoms with E-state index in [1.807, 2.05) is 39.4 Å². The highest BCUT2D eigenvalue weighted by Gasteiger charge is 2.30. The van der Waals surface area contributed by atoms with Crippen LogP contribution in [0, 0.1) is 0 Å². The number of nitrogens with zero attached hydrogens (tertiary/aromatic N) is 1. The number of carbonyl (C=O) groups is 2. The van der Waals surface area contributed by atoms with E-state index >= 15 is 0 Å². The molecule has 0 aromatic carbocycles. The molecule has 0 aromatic rings. The number of phosphoric acid groups is 1. The van der Waals surface area contributed by atoms with E-state index < -0.39 is 25.9 Å². The van der Waals surface area contributed by atoms with Gasteiger partial charge in [-0.3, -0.25) is 18.6 Å². The van der Waals surface area contributed by atoms with Gasteiger partial charge in [0.15, 0.2) is 0 Å². The lowest BCUT2D eigenvalue weighted by molar-refractivity contribution is -0.870. The number of rotatable bonds is 47. The molecular weight excluding hydrogens is 868 g/mol. The van der Waals surface area contributed by atoms with E-state index in [4.69, 9.17) is 13.8 Å². The van der Waals surface area contributed by atoms with Crippen LogP contribution in [-0.4, -0.2) is 74.3 Å². The number of unbranched alkanes of at least 4 members (excludes halogenated alkanes) is 17. The van der Waals surface area contributed by atoms with Crippen molar-refractivity contribution < 1.29 is 37.3 Å². The number of likely N-dealkylation sites (N-methyl/N-ethyl adjacent to an activating group) is 1. The second-order valence-electron chi connectivity index (χ2n) is 19.0. The smallest absolute Gasteiger partial charge is 0.456 e. The first-order valence-corrected chi connectivity index (χ1v) is 28.6. The Kier molecular flexibility index (Phi) is 45.5. The topological polar surface area (TPSA) is 111 Å². The monoisotopic (exact) mass is 970 g/mol. The molecule has 0 rings (SSSR count). The van der Waals surface area contributed by atoms with Crippen molar-refractivity contribution in [3.05, 3.63) is 97.2 Å². The molecular formula is C58H102N2O7P+. The molecule has 0 aromatic heterocycles. The van der Waals surface area contributed by atoms with Crippen molar-refractivity contribution in [2.75, 3.05) is 40.9 Å². The SMILES string of the molecule is CC/C=C\C/C=C\C/C=C\C/C=C\C/C=C\CCCC(=O)OC(/C=C/CCCCCCCCCCCC)C(COP(=O)(O)OCC[N+](C)(C)C)NC(=O)CC/C=C/C/C=C\CCCCCCCC. The number of phosphoric ester groups is 1. The van der Waals surface area contributed by atoms with Gasteiger partial charge in [0.05, 0.1) is 33.8 Å². The van der Waals surface area contributed by atoms with Crippen molar-refractivity contribution in [1.29, 1.82) is 0 Å². The van der Waals surface area contributed by atoms with Crippen LogP contribution >= 0.6 is 7.82 Å². The number of allylic oxidation sites excluding steroid dienone is 15. The fourth-order valence-electron chi connectivity index (χ4n) is 7.08. The van der Waals surface area contributed by atoms with Gasteiger partial charge in [0.25, 0.3) is 0 Å². The van der Waals surface area contributed by atoms with Gasteiger partial charge in [-0.2, -0.15) is 0 Å². The van der Waals surface area contributed by atoms with Gasteiger partial charge in [0.1, 0.15) is 19.3 Å². The number of quaternary nitrogens is 1. The molecule has 0 aliphatic rings. The zero-order chi connectivity index (χ0) is 50.1. The summed E-state index contributed by atoms with van der Waals surface area (Å²) in [5, 5.41) is 2.98. The molecule has 0 aliphatic heterocycles. The summed E-state index contributed by atoms with van der Waals surface area (Å²) in [6, 6.07) is -0.905. The van der Waals surface area contributed by atoms with Crippen LogP contribution in [0.2, 0.25) is 0 Å². The number of carbonyl (C=O) groups excluding carboxylic acids is 2. The first-order valence-electron chi connectivity index (χ1n) is 27.1. The minimum atomic E-state index is -4.47. The Bertz CT molecular complexity index is 1490. The molecule has 2 N–H and O–H groups in total. The van der Waals surface area contributed by atoms with Crippen LogP contribution in [0.15, 0.2) is 97.2 Å². The summed E-state index contributed by atoms with van der Waals surface area (Å²) in [4.78, 5) is 37.4. The second kappa shape index (κ2) is 47.6. The predicted molar refractivity (Wildman–Crippen MR) is 290 cm³/mol. The number of nitrogens with one attached hydrogen (secondary N) is 1. The number of hydrogen-bond donors (Lipinski definition) is 2. The first-order chi connectivity index (χ1) is 32.9. The highest BCUT2D eigenvalue weighted by atomic mass is 31.2. The van der Waals surface area contributed by atoms with E-state index in [0.29, 0.717) is 23.9 Å². The van der Waals surface area contributed by atoms with E-state index in [1.54, 1.807) is 0 Å². The summed E-state index contributed by atoms with van der Waals surface area (Å²) in [5.41, 5.74) is 0. The number of esters is 1. The Labute approximate surface area is 418 Å². The number of ether oxygens (including phenoxy) is 1. The standard InChI is InChI=1S/C58H101N2O7P/c1-7-10-13-16-19-22-25-28-29-30-31-33-36-39-42-45-48-51-58(62)67-56(49-46-43-40-37-34-27-24-21-18-15-12-9-3)55(54-66-68(63,64)65-53-52-60(4,5)6)59-57(61)50-47-44-41-38-35-32-26-23-20-17-14-11-8-2/h10,13,19,22,28-29,31-33,35,39,41-42,44,46,49,55-56H,7-9,11-12,14-18,20-21,23-27,30,34,36-38,40,43,45,47-48,50-54H2,1-6H3,(H-,59,61,63,64)/p+1/b13-10-,22-19-,29-28-,33-31-,35-32-,42-39-,44-41+,49-46+. The van der Waals surface area contributed by atoms with Crippen LogP contribution in [0.5, 0.6) is 0 Å². The van der Waals surface area contributed by atoms with Gasteiger partial charge in [0.2, 0.25) is 5.91 Å². The van der Waals surface area contributed by atoms with E-state index in [1.165, 1.54) is 89.9 Å². The summed E-state index contributed by atoms with van der Waals surface area (Å²) >= 11 is 0. The molecule has 0 aliphatic carbocycles. The van der Waals surface area contributed by atoms with Gasteiger partial charge in [-0.25, -0.2) is 4.57 Å². The van der Waals surface area contributed by atoms with Gasteiger partial charge in [-0.1, -0.05) is 202 Å². The minimum Gasteiger partial charge on any atom is -0.456 e. The fourth-order valence-corrected chi connectivity index (χ4v) is 7.82. The molecule has 3 atom stereocenters. The van der Waals surface area contributed by atoms with Crippen molar-refractivity contribution in [2.24, 2.45) is 0 Å². The van der Waals surface area contributed by atoms with Crippen molar-refractivity contribution in [1.82, 2.24) is 5.32 Å². The summed E-state index contributed by atoms with van der Waals surface area (Å²) in [7, 11) is 1.42. The zero-order valence-electron chi connectivity index (χ0n) is 44.3. The van der Waals surface area contributed by atoms with E-state index in [9.17, 15) is 19.0 Å². The molecule has 390 valence electrons. The summed E-state index contributed by atoms with van der Waals surface area (Å²) in [6.07, 6.45) is 62.9. The molecule has 0 heterocycles. The zero-order valence-corrected chi connectivity index (χ0v) is 45.2. The minimum absolute atomic E-state index is 0.0178. The first kappa shape index (κ1) is 64.9. The van der Waals surface area contributed by atoms with Crippen molar-refractivity contribution in [3.8, 4) is 0 Å². The van der Waals surface area contributed by atoms with Gasteiger partial charge in [-0.05, 0) is 89.5 Å². The molecule has 10 heteroatoms. The molecule has 0 saturated carbocycles.